The van der Waals surface area contributed by atoms with E-state index in [-0.39, 0.29) is 13.0 Å². The first kappa shape index (κ1) is 10.7. The third-order valence-electron chi connectivity index (χ3n) is 3.47. The minimum absolute atomic E-state index is 0.142. The van der Waals surface area contributed by atoms with Crippen molar-refractivity contribution in [1.82, 2.24) is 10.6 Å². The van der Waals surface area contributed by atoms with Crippen molar-refractivity contribution >= 4 is 5.91 Å². The summed E-state index contributed by atoms with van der Waals surface area (Å²) < 4.78 is 38.4. The Morgan fingerprint density at radius 3 is 2.47 bits per heavy atom. The number of piperidine rings is 1. The summed E-state index contributed by atoms with van der Waals surface area (Å²) in [5, 5.41) is 5.23. The number of alkyl halides is 3. The van der Waals surface area contributed by atoms with Crippen molar-refractivity contribution in [3.63, 3.8) is 0 Å². The third kappa shape index (κ3) is 1.60. The van der Waals surface area contributed by atoms with Gasteiger partial charge in [0.05, 0.1) is 11.3 Å². The lowest BCUT2D eigenvalue weighted by Crippen LogP contribution is -2.54. The first-order valence-electron chi connectivity index (χ1n) is 5.02. The number of amides is 1. The predicted octanol–water partition coefficient (Wildman–Crippen LogP) is 0.664. The zero-order valence-electron chi connectivity index (χ0n) is 8.16. The zero-order valence-corrected chi connectivity index (χ0v) is 8.16. The normalized spacial score (nSPS) is 37.0. The molecule has 0 saturated carbocycles. The van der Waals surface area contributed by atoms with Crippen molar-refractivity contribution in [3.8, 4) is 0 Å². The maximum absolute atomic E-state index is 12.8. The first-order valence-corrected chi connectivity index (χ1v) is 5.02. The number of hydrogen-bond donors (Lipinski definition) is 2. The molecule has 2 saturated heterocycles. The quantitative estimate of drug-likeness (QED) is 0.632. The van der Waals surface area contributed by atoms with E-state index in [2.05, 4.69) is 10.6 Å². The van der Waals surface area contributed by atoms with Crippen LogP contribution in [0.4, 0.5) is 13.2 Å². The van der Waals surface area contributed by atoms with Gasteiger partial charge in [-0.3, -0.25) is 4.79 Å². The first-order chi connectivity index (χ1) is 6.97. The molecule has 2 aliphatic heterocycles. The zero-order chi connectivity index (χ0) is 11.1. The standard InChI is InChI=1S/C9H13F3N2O/c10-9(11,12)6-5-13-3-1-8(6)2-4-14-7(8)15/h6,13H,1-5H2,(H,14,15). The summed E-state index contributed by atoms with van der Waals surface area (Å²) in [6.45, 7) is 0.711. The van der Waals surface area contributed by atoms with Crippen LogP contribution < -0.4 is 10.6 Å². The second kappa shape index (κ2) is 3.37. The molecular formula is C9H13F3N2O. The second-order valence-corrected chi connectivity index (χ2v) is 4.21. The van der Waals surface area contributed by atoms with Crippen molar-refractivity contribution in [3.05, 3.63) is 0 Å². The Morgan fingerprint density at radius 1 is 1.27 bits per heavy atom. The van der Waals surface area contributed by atoms with Crippen LogP contribution in [-0.4, -0.2) is 31.7 Å². The molecule has 2 aliphatic rings. The number of rotatable bonds is 0. The second-order valence-electron chi connectivity index (χ2n) is 4.21. The number of nitrogens with one attached hydrogen (secondary N) is 2. The average molecular weight is 222 g/mol. The Kier molecular flexibility index (Phi) is 2.41. The van der Waals surface area contributed by atoms with E-state index >= 15 is 0 Å². The van der Waals surface area contributed by atoms with Gasteiger partial charge in [-0.25, -0.2) is 0 Å². The number of hydrogen-bond acceptors (Lipinski definition) is 2. The maximum atomic E-state index is 12.8. The lowest BCUT2D eigenvalue weighted by Gasteiger charge is -2.40. The van der Waals surface area contributed by atoms with E-state index < -0.39 is 23.4 Å². The van der Waals surface area contributed by atoms with Crippen LogP contribution in [0.5, 0.6) is 0 Å². The molecule has 15 heavy (non-hydrogen) atoms. The molecule has 2 unspecified atom stereocenters. The number of halogens is 3. The van der Waals surface area contributed by atoms with Crippen LogP contribution >= 0.6 is 0 Å². The highest BCUT2D eigenvalue weighted by Crippen LogP contribution is 2.47. The maximum Gasteiger partial charge on any atom is 0.394 e. The largest absolute Gasteiger partial charge is 0.394 e. The molecule has 3 nitrogen and oxygen atoms in total. The van der Waals surface area contributed by atoms with Crippen LogP contribution in [0.2, 0.25) is 0 Å². The molecule has 0 radical (unpaired) electrons. The van der Waals surface area contributed by atoms with Gasteiger partial charge in [0, 0.05) is 13.1 Å². The average Bonchev–Trinajstić information content (AvgIpc) is 2.48. The van der Waals surface area contributed by atoms with Gasteiger partial charge in [0.25, 0.3) is 0 Å². The summed E-state index contributed by atoms with van der Waals surface area (Å²) in [7, 11) is 0. The molecule has 0 aromatic rings. The Labute approximate surface area is 85.4 Å². The Hall–Kier alpha value is -0.780. The van der Waals surface area contributed by atoms with Crippen LogP contribution in [0.3, 0.4) is 0 Å². The predicted molar refractivity (Wildman–Crippen MR) is 47.1 cm³/mol. The monoisotopic (exact) mass is 222 g/mol. The molecule has 2 atom stereocenters. The van der Waals surface area contributed by atoms with E-state index in [0.29, 0.717) is 19.5 Å². The summed E-state index contributed by atoms with van der Waals surface area (Å²) in [5.74, 6) is -1.97. The fourth-order valence-electron chi connectivity index (χ4n) is 2.62. The van der Waals surface area contributed by atoms with Gasteiger partial charge in [0.2, 0.25) is 5.91 Å². The highest BCUT2D eigenvalue weighted by atomic mass is 19.4. The van der Waals surface area contributed by atoms with Gasteiger partial charge in [-0.05, 0) is 19.4 Å². The number of carbonyl (C=O) groups excluding carboxylic acids is 1. The molecule has 86 valence electrons. The van der Waals surface area contributed by atoms with Gasteiger partial charge in [-0.2, -0.15) is 13.2 Å². The van der Waals surface area contributed by atoms with Crippen molar-refractivity contribution in [1.29, 1.82) is 0 Å². The van der Waals surface area contributed by atoms with Crippen LogP contribution in [0.1, 0.15) is 12.8 Å². The van der Waals surface area contributed by atoms with E-state index in [9.17, 15) is 18.0 Å². The fourth-order valence-corrected chi connectivity index (χ4v) is 2.62. The molecule has 0 aromatic carbocycles. The van der Waals surface area contributed by atoms with Gasteiger partial charge in [0.15, 0.2) is 0 Å². The van der Waals surface area contributed by atoms with E-state index in [1.807, 2.05) is 0 Å². The molecule has 2 heterocycles. The van der Waals surface area contributed by atoms with Gasteiger partial charge < -0.3 is 10.6 Å². The molecule has 0 bridgehead atoms. The van der Waals surface area contributed by atoms with Crippen LogP contribution in [0.25, 0.3) is 0 Å². The molecule has 0 aliphatic carbocycles. The highest BCUT2D eigenvalue weighted by Gasteiger charge is 2.59. The van der Waals surface area contributed by atoms with Crippen molar-refractivity contribution < 1.29 is 18.0 Å². The summed E-state index contributed by atoms with van der Waals surface area (Å²) in [5.41, 5.74) is -1.20. The summed E-state index contributed by atoms with van der Waals surface area (Å²) in [4.78, 5) is 11.6. The minimum Gasteiger partial charge on any atom is -0.356 e. The SMILES string of the molecule is O=C1NCCC12CCNCC2C(F)(F)F. The summed E-state index contributed by atoms with van der Waals surface area (Å²) >= 11 is 0. The van der Waals surface area contributed by atoms with Gasteiger partial charge in [0.1, 0.15) is 0 Å². The summed E-state index contributed by atoms with van der Waals surface area (Å²) in [6.07, 6.45) is -3.71. The molecule has 2 N–H and O–H groups in total. The van der Waals surface area contributed by atoms with Crippen LogP contribution in [0, 0.1) is 11.3 Å². The van der Waals surface area contributed by atoms with E-state index in [1.165, 1.54) is 0 Å². The smallest absolute Gasteiger partial charge is 0.356 e. The molecule has 6 heteroatoms. The van der Waals surface area contributed by atoms with Gasteiger partial charge >= 0.3 is 6.18 Å². The molecule has 1 spiro atoms. The van der Waals surface area contributed by atoms with Crippen molar-refractivity contribution in [2.45, 2.75) is 19.0 Å². The Balaban J connectivity index is 2.30. The third-order valence-corrected chi connectivity index (χ3v) is 3.47. The van der Waals surface area contributed by atoms with Gasteiger partial charge in [-0.15, -0.1) is 0 Å². The fraction of sp³-hybridized carbons (Fsp3) is 0.889. The molecule has 2 fully saturated rings. The van der Waals surface area contributed by atoms with E-state index in [0.717, 1.165) is 0 Å². The topological polar surface area (TPSA) is 41.1 Å². The molecule has 1 amide bonds. The highest BCUT2D eigenvalue weighted by molar-refractivity contribution is 5.85. The van der Waals surface area contributed by atoms with Crippen LogP contribution in [0.15, 0.2) is 0 Å². The van der Waals surface area contributed by atoms with E-state index in [4.69, 9.17) is 0 Å². The lowest BCUT2D eigenvalue weighted by atomic mass is 9.69. The minimum atomic E-state index is -4.30. The lowest BCUT2D eigenvalue weighted by molar-refractivity contribution is -0.211. The van der Waals surface area contributed by atoms with Crippen molar-refractivity contribution in [2.75, 3.05) is 19.6 Å². The van der Waals surface area contributed by atoms with Crippen LogP contribution in [-0.2, 0) is 4.79 Å². The summed E-state index contributed by atoms with van der Waals surface area (Å²) in [6, 6.07) is 0. The Bertz CT molecular complexity index is 279. The van der Waals surface area contributed by atoms with Gasteiger partial charge in [-0.1, -0.05) is 0 Å². The number of carbonyl (C=O) groups is 1. The molecule has 0 aromatic heterocycles. The van der Waals surface area contributed by atoms with E-state index in [1.54, 1.807) is 0 Å². The molecule has 2 rings (SSSR count). The van der Waals surface area contributed by atoms with Crippen molar-refractivity contribution in [2.24, 2.45) is 11.3 Å². The molecular weight excluding hydrogens is 209 g/mol. The Morgan fingerprint density at radius 2 is 1.93 bits per heavy atom.